The van der Waals surface area contributed by atoms with Crippen LogP contribution in [0.25, 0.3) is 10.9 Å². The zero-order valence-electron chi connectivity index (χ0n) is 20.0. The molecule has 1 aliphatic rings. The molecule has 0 amide bonds. The van der Waals surface area contributed by atoms with Gasteiger partial charge in [0.05, 0.1) is 27.9 Å². The third kappa shape index (κ3) is 6.69. The topological polar surface area (TPSA) is 87.4 Å². The zero-order valence-corrected chi connectivity index (χ0v) is 22.4. The highest BCUT2D eigenvalue weighted by molar-refractivity contribution is 7.39. The number of halogens is 2. The number of hydrogen-bond donors (Lipinski definition) is 2. The summed E-state index contributed by atoms with van der Waals surface area (Å²) in [6.07, 6.45) is 1.09. The Morgan fingerprint density at radius 2 is 1.78 bits per heavy atom. The molecule has 0 bridgehead atoms. The Kier molecular flexibility index (Phi) is 9.47. The van der Waals surface area contributed by atoms with Crippen molar-refractivity contribution in [3.63, 3.8) is 0 Å². The van der Waals surface area contributed by atoms with Gasteiger partial charge in [0.2, 0.25) is 0 Å². The van der Waals surface area contributed by atoms with Crippen molar-refractivity contribution in [2.45, 2.75) is 26.0 Å². The monoisotopic (exact) mass is 553 g/mol. The van der Waals surface area contributed by atoms with E-state index in [1.807, 2.05) is 24.3 Å². The number of pyridine rings is 1. The Bertz CT molecular complexity index is 1230. The smallest absolute Gasteiger partial charge is 0.329 e. The molecular weight excluding hydrogens is 524 g/mol. The highest BCUT2D eigenvalue weighted by Gasteiger charge is 2.19. The molecule has 194 valence electrons. The highest BCUT2D eigenvalue weighted by atomic mass is 35.5. The summed E-state index contributed by atoms with van der Waals surface area (Å²) in [6, 6.07) is 14.4. The molecule has 1 saturated heterocycles. The molecule has 1 aliphatic heterocycles. The van der Waals surface area contributed by atoms with E-state index in [0.29, 0.717) is 27.9 Å². The lowest BCUT2D eigenvalue weighted by molar-refractivity contribution is 0.129. The maximum Gasteiger partial charge on any atom is 0.329 e. The first kappa shape index (κ1) is 27.1. The fourth-order valence-corrected chi connectivity index (χ4v) is 5.24. The van der Waals surface area contributed by atoms with Gasteiger partial charge >= 0.3 is 8.60 Å². The number of fused-ring (bicyclic) bond motifs is 1. The Morgan fingerprint density at radius 3 is 2.53 bits per heavy atom. The number of nitrogens with zero attached hydrogens (tertiary/aromatic N) is 3. The van der Waals surface area contributed by atoms with Gasteiger partial charge in [0, 0.05) is 38.3 Å². The Hall–Kier alpha value is -1.90. The van der Waals surface area contributed by atoms with E-state index >= 15 is 0 Å². The Balaban J connectivity index is 1.25. The fourth-order valence-electron chi connectivity index (χ4n) is 4.46. The lowest BCUT2D eigenvalue weighted by Gasteiger charge is -2.36. The first-order valence-corrected chi connectivity index (χ1v) is 13.8. The number of anilines is 1. The molecule has 1 fully saturated rings. The molecule has 0 saturated carbocycles. The molecule has 36 heavy (non-hydrogen) atoms. The van der Waals surface area contributed by atoms with Crippen LogP contribution in [0.5, 0.6) is 5.75 Å². The van der Waals surface area contributed by atoms with E-state index < -0.39 is 14.8 Å². The van der Waals surface area contributed by atoms with Gasteiger partial charge in [-0.15, -0.1) is 0 Å². The van der Waals surface area contributed by atoms with Gasteiger partial charge in [0.15, 0.2) is 0 Å². The van der Waals surface area contributed by atoms with Gasteiger partial charge in [-0.3, -0.25) is 18.8 Å². The summed E-state index contributed by atoms with van der Waals surface area (Å²) in [7, 11) is -2.58. The van der Waals surface area contributed by atoms with Crippen molar-refractivity contribution in [2.75, 3.05) is 44.2 Å². The number of unbranched alkanes of at least 4 members (excludes halogenated alkanes) is 1. The number of aromatic nitrogens is 1. The second-order valence-electron chi connectivity index (χ2n) is 8.68. The second-order valence-corrected chi connectivity index (χ2v) is 10.2. The van der Waals surface area contributed by atoms with Gasteiger partial charge in [0.25, 0.3) is 5.56 Å². The number of ether oxygens (including phenoxy) is 1. The van der Waals surface area contributed by atoms with Crippen molar-refractivity contribution in [3.8, 4) is 5.75 Å². The van der Waals surface area contributed by atoms with E-state index in [0.717, 1.165) is 56.6 Å². The summed E-state index contributed by atoms with van der Waals surface area (Å²) < 4.78 is 12.4. The first-order valence-electron chi connectivity index (χ1n) is 11.9. The largest absolute Gasteiger partial charge is 0.494 e. The van der Waals surface area contributed by atoms with E-state index in [1.54, 1.807) is 25.1 Å². The maximum absolute atomic E-state index is 12.4. The number of piperazine rings is 1. The summed E-state index contributed by atoms with van der Waals surface area (Å²) in [5, 5.41) is 2.03. The van der Waals surface area contributed by atoms with Gasteiger partial charge in [-0.2, -0.15) is 0 Å². The third-order valence-electron chi connectivity index (χ3n) is 6.30. The normalized spacial score (nSPS) is 15.6. The molecular formula is C25H30Cl2N3O5P. The van der Waals surface area contributed by atoms with Crippen LogP contribution < -0.4 is 15.2 Å². The summed E-state index contributed by atoms with van der Waals surface area (Å²) in [5.74, 6) is 0.649. The number of benzene rings is 2. The van der Waals surface area contributed by atoms with Crippen molar-refractivity contribution in [1.29, 1.82) is 0 Å². The Labute approximate surface area is 221 Å². The van der Waals surface area contributed by atoms with Gasteiger partial charge in [-0.25, -0.2) is 0 Å². The molecule has 2 aromatic carbocycles. The van der Waals surface area contributed by atoms with Crippen LogP contribution in [0.15, 0.2) is 53.3 Å². The molecule has 0 aliphatic carbocycles. The fraction of sp³-hybridized carbons (Fsp3) is 0.400. The summed E-state index contributed by atoms with van der Waals surface area (Å²) in [5.41, 5.74) is 1.32. The third-order valence-corrected chi connectivity index (χ3v) is 7.60. The average Bonchev–Trinajstić information content (AvgIpc) is 2.85. The van der Waals surface area contributed by atoms with Crippen LogP contribution in [0.4, 0.5) is 5.69 Å². The summed E-state index contributed by atoms with van der Waals surface area (Å²) in [4.78, 5) is 35.5. The molecule has 0 spiro atoms. The van der Waals surface area contributed by atoms with E-state index in [9.17, 15) is 14.6 Å². The second kappa shape index (κ2) is 12.6. The SMILES string of the molecule is CC(OP(O)O)n1c(=O)ccc2ccc(OCCCCN3CCN(c4cccc(Cl)c4Cl)CC3)cc21. The van der Waals surface area contributed by atoms with Gasteiger partial charge < -0.3 is 19.4 Å². The molecule has 4 rings (SSSR count). The minimum Gasteiger partial charge on any atom is -0.494 e. The number of rotatable bonds is 10. The molecule has 1 aromatic heterocycles. The van der Waals surface area contributed by atoms with E-state index in [-0.39, 0.29) is 5.56 Å². The van der Waals surface area contributed by atoms with Gasteiger partial charge in [-0.1, -0.05) is 29.3 Å². The van der Waals surface area contributed by atoms with Gasteiger partial charge in [-0.05, 0) is 62.0 Å². The van der Waals surface area contributed by atoms with E-state index in [2.05, 4.69) is 9.80 Å². The van der Waals surface area contributed by atoms with Crippen LogP contribution in [0.2, 0.25) is 10.0 Å². The van der Waals surface area contributed by atoms with E-state index in [4.69, 9.17) is 32.5 Å². The molecule has 11 heteroatoms. The van der Waals surface area contributed by atoms with Gasteiger partial charge in [0.1, 0.15) is 12.0 Å². The van der Waals surface area contributed by atoms with Crippen LogP contribution in [0.1, 0.15) is 26.0 Å². The quantitative estimate of drug-likeness (QED) is 0.268. The van der Waals surface area contributed by atoms with Crippen LogP contribution >= 0.6 is 31.8 Å². The predicted octanol–water partition coefficient (Wildman–Crippen LogP) is 5.04. The average molecular weight is 554 g/mol. The summed E-state index contributed by atoms with van der Waals surface area (Å²) in [6.45, 7) is 6.91. The van der Waals surface area contributed by atoms with Crippen molar-refractivity contribution in [2.24, 2.45) is 0 Å². The van der Waals surface area contributed by atoms with Crippen molar-refractivity contribution in [1.82, 2.24) is 9.47 Å². The van der Waals surface area contributed by atoms with Crippen molar-refractivity contribution >= 4 is 48.4 Å². The van der Waals surface area contributed by atoms with E-state index in [1.165, 1.54) is 10.6 Å². The first-order chi connectivity index (χ1) is 17.3. The Morgan fingerprint density at radius 1 is 1.03 bits per heavy atom. The molecule has 0 radical (unpaired) electrons. The molecule has 3 aromatic rings. The number of hydrogen-bond acceptors (Lipinski definition) is 7. The molecule has 8 nitrogen and oxygen atoms in total. The van der Waals surface area contributed by atoms with Crippen molar-refractivity contribution < 1.29 is 19.0 Å². The molecule has 1 atom stereocenters. The van der Waals surface area contributed by atoms with Crippen molar-refractivity contribution in [3.05, 3.63) is 68.9 Å². The molecule has 1 unspecified atom stereocenters. The standard InChI is InChI=1S/C25H30Cl2N3O5P/c1-18(35-36(32)33)30-23-17-20(9-7-19(23)8-10-24(30)31)34-16-3-2-11-28-12-14-29(15-13-28)22-6-4-5-21(26)25(22)27/h4-10,17-18,32-33H,2-3,11-16H2,1H3. The summed E-state index contributed by atoms with van der Waals surface area (Å²) >= 11 is 12.5. The van der Waals surface area contributed by atoms with Crippen LogP contribution in [0, 0.1) is 0 Å². The van der Waals surface area contributed by atoms with Crippen LogP contribution in [0.3, 0.4) is 0 Å². The highest BCUT2D eigenvalue weighted by Crippen LogP contribution is 2.33. The zero-order chi connectivity index (χ0) is 25.7. The minimum atomic E-state index is -2.58. The van der Waals surface area contributed by atoms with Crippen LogP contribution in [-0.4, -0.2) is 58.6 Å². The lowest BCUT2D eigenvalue weighted by Crippen LogP contribution is -2.46. The van der Waals surface area contributed by atoms with Crippen LogP contribution in [-0.2, 0) is 4.52 Å². The molecule has 2 N–H and O–H groups in total. The molecule has 2 heterocycles. The lowest BCUT2D eigenvalue weighted by atomic mass is 10.2. The predicted molar refractivity (Wildman–Crippen MR) is 145 cm³/mol. The maximum atomic E-state index is 12.4. The minimum absolute atomic E-state index is 0.290.